The smallest absolute Gasteiger partial charge is 0.169 e. The van der Waals surface area contributed by atoms with Crippen molar-refractivity contribution in [3.8, 4) is 5.75 Å². The molecule has 0 aromatic heterocycles. The Labute approximate surface area is 106 Å². The number of halogens is 1. The number of Topliss-reactive ketones (excluding diaryl/α,β-unsaturated/α-hetero) is 1. The molecule has 0 saturated heterocycles. The number of hydrogen-bond donors (Lipinski definition) is 1. The fourth-order valence-corrected chi connectivity index (χ4v) is 2.52. The van der Waals surface area contributed by atoms with Crippen LogP contribution in [0.1, 0.15) is 29.6 Å². The van der Waals surface area contributed by atoms with Gasteiger partial charge in [0.25, 0.3) is 0 Å². The first-order chi connectivity index (χ1) is 8.11. The minimum atomic E-state index is 0.0115. The van der Waals surface area contributed by atoms with Crippen molar-refractivity contribution in [3.63, 3.8) is 0 Å². The molecule has 0 aliphatic heterocycles. The molecule has 4 heteroatoms. The Kier molecular flexibility index (Phi) is 3.69. The normalized spacial score (nSPS) is 23.7. The summed E-state index contributed by atoms with van der Waals surface area (Å²) in [6.45, 7) is 0. The summed E-state index contributed by atoms with van der Waals surface area (Å²) < 4.78 is 5.20. The number of ether oxygens (including phenoxy) is 1. The minimum absolute atomic E-state index is 0.0115. The van der Waals surface area contributed by atoms with E-state index in [0.717, 1.165) is 19.3 Å². The van der Waals surface area contributed by atoms with Gasteiger partial charge in [-0.05, 0) is 37.5 Å². The van der Waals surface area contributed by atoms with Gasteiger partial charge in [-0.2, -0.15) is 0 Å². The maximum Gasteiger partial charge on any atom is 0.169 e. The lowest BCUT2D eigenvalue weighted by Crippen LogP contribution is -2.18. The molecular formula is C13H16ClNO2. The average Bonchev–Trinajstić information content (AvgIpc) is 2.75. The van der Waals surface area contributed by atoms with E-state index in [-0.39, 0.29) is 17.7 Å². The molecule has 1 aliphatic rings. The fourth-order valence-electron chi connectivity index (χ4n) is 2.35. The minimum Gasteiger partial charge on any atom is -0.496 e. The quantitative estimate of drug-likeness (QED) is 0.843. The van der Waals surface area contributed by atoms with E-state index >= 15 is 0 Å². The van der Waals surface area contributed by atoms with Gasteiger partial charge in [-0.3, -0.25) is 4.79 Å². The molecule has 1 aromatic carbocycles. The first-order valence-electron chi connectivity index (χ1n) is 5.75. The monoisotopic (exact) mass is 253 g/mol. The van der Waals surface area contributed by atoms with E-state index in [9.17, 15) is 4.79 Å². The first kappa shape index (κ1) is 12.4. The molecule has 1 aliphatic carbocycles. The molecule has 2 unspecified atom stereocenters. The Morgan fingerprint density at radius 1 is 1.47 bits per heavy atom. The number of carbonyl (C=O) groups excluding carboxylic acids is 1. The Morgan fingerprint density at radius 3 is 2.82 bits per heavy atom. The van der Waals surface area contributed by atoms with E-state index in [1.807, 2.05) is 0 Å². The van der Waals surface area contributed by atoms with Gasteiger partial charge in [0.15, 0.2) is 5.78 Å². The summed E-state index contributed by atoms with van der Waals surface area (Å²) in [5.41, 5.74) is 6.40. The van der Waals surface area contributed by atoms with E-state index in [2.05, 4.69) is 0 Å². The van der Waals surface area contributed by atoms with Gasteiger partial charge in [0, 0.05) is 17.0 Å². The van der Waals surface area contributed by atoms with E-state index in [0.29, 0.717) is 16.3 Å². The van der Waals surface area contributed by atoms with E-state index in [1.54, 1.807) is 25.3 Å². The molecule has 2 N–H and O–H groups in total. The molecule has 2 rings (SSSR count). The maximum absolute atomic E-state index is 12.3. The molecule has 0 amide bonds. The third-order valence-corrected chi connectivity index (χ3v) is 3.51. The Hall–Kier alpha value is -1.06. The molecule has 0 bridgehead atoms. The van der Waals surface area contributed by atoms with Gasteiger partial charge in [-0.15, -0.1) is 0 Å². The second kappa shape index (κ2) is 5.07. The van der Waals surface area contributed by atoms with Gasteiger partial charge in [0.1, 0.15) is 5.75 Å². The van der Waals surface area contributed by atoms with E-state index < -0.39 is 0 Å². The Morgan fingerprint density at radius 2 is 2.24 bits per heavy atom. The lowest BCUT2D eigenvalue weighted by molar-refractivity contribution is 0.0919. The maximum atomic E-state index is 12.3. The Bertz CT molecular complexity index is 433. The van der Waals surface area contributed by atoms with Crippen molar-refractivity contribution in [1.82, 2.24) is 0 Å². The van der Waals surface area contributed by atoms with Gasteiger partial charge >= 0.3 is 0 Å². The molecular weight excluding hydrogens is 238 g/mol. The largest absolute Gasteiger partial charge is 0.496 e. The van der Waals surface area contributed by atoms with Gasteiger partial charge in [-0.1, -0.05) is 11.6 Å². The van der Waals surface area contributed by atoms with Crippen LogP contribution in [-0.4, -0.2) is 18.9 Å². The fraction of sp³-hybridized carbons (Fsp3) is 0.462. The molecule has 1 aromatic rings. The summed E-state index contributed by atoms with van der Waals surface area (Å²) in [5.74, 6) is 0.689. The van der Waals surface area contributed by atoms with Crippen LogP contribution in [0, 0.1) is 5.92 Å². The summed E-state index contributed by atoms with van der Waals surface area (Å²) in [4.78, 5) is 12.3. The highest BCUT2D eigenvalue weighted by atomic mass is 35.5. The zero-order valence-corrected chi connectivity index (χ0v) is 10.5. The van der Waals surface area contributed by atoms with Crippen molar-refractivity contribution in [1.29, 1.82) is 0 Å². The zero-order chi connectivity index (χ0) is 12.4. The summed E-state index contributed by atoms with van der Waals surface area (Å²) in [6, 6.07) is 5.27. The number of carbonyl (C=O) groups is 1. The predicted molar refractivity (Wildman–Crippen MR) is 67.7 cm³/mol. The first-order valence-corrected chi connectivity index (χ1v) is 6.13. The van der Waals surface area contributed by atoms with Crippen LogP contribution in [-0.2, 0) is 0 Å². The number of methoxy groups -OCH3 is 1. The summed E-state index contributed by atoms with van der Waals surface area (Å²) >= 11 is 5.92. The predicted octanol–water partition coefficient (Wildman–Crippen LogP) is 2.66. The van der Waals surface area contributed by atoms with Crippen LogP contribution in [0.2, 0.25) is 5.02 Å². The number of ketones is 1. The number of rotatable bonds is 3. The van der Waals surface area contributed by atoms with E-state index in [4.69, 9.17) is 22.1 Å². The summed E-state index contributed by atoms with van der Waals surface area (Å²) in [6.07, 6.45) is 2.53. The Balaban J connectivity index is 2.26. The van der Waals surface area contributed by atoms with Crippen molar-refractivity contribution < 1.29 is 9.53 Å². The van der Waals surface area contributed by atoms with Crippen LogP contribution in [0.25, 0.3) is 0 Å². The summed E-state index contributed by atoms with van der Waals surface area (Å²) in [7, 11) is 1.56. The third-order valence-electron chi connectivity index (χ3n) is 3.27. The van der Waals surface area contributed by atoms with Crippen molar-refractivity contribution in [2.75, 3.05) is 7.11 Å². The SMILES string of the molecule is COc1ccc(Cl)cc1C(=O)C1CCC(N)C1. The van der Waals surface area contributed by atoms with Crippen molar-refractivity contribution in [3.05, 3.63) is 28.8 Å². The number of nitrogens with two attached hydrogens (primary N) is 1. The van der Waals surface area contributed by atoms with Crippen molar-refractivity contribution in [2.24, 2.45) is 11.7 Å². The molecule has 0 heterocycles. The zero-order valence-electron chi connectivity index (χ0n) is 9.78. The summed E-state index contributed by atoms with van der Waals surface area (Å²) in [5, 5.41) is 0.552. The van der Waals surface area contributed by atoms with Crippen LogP contribution < -0.4 is 10.5 Å². The van der Waals surface area contributed by atoms with Gasteiger partial charge in [0.05, 0.1) is 12.7 Å². The van der Waals surface area contributed by atoms with Crippen LogP contribution in [0.15, 0.2) is 18.2 Å². The number of benzene rings is 1. The van der Waals surface area contributed by atoms with Crippen LogP contribution in [0.3, 0.4) is 0 Å². The van der Waals surface area contributed by atoms with Crippen molar-refractivity contribution >= 4 is 17.4 Å². The topological polar surface area (TPSA) is 52.3 Å². The van der Waals surface area contributed by atoms with Gasteiger partial charge in [0.2, 0.25) is 0 Å². The second-order valence-corrected chi connectivity index (χ2v) is 4.92. The van der Waals surface area contributed by atoms with E-state index in [1.165, 1.54) is 0 Å². The van der Waals surface area contributed by atoms with Gasteiger partial charge < -0.3 is 10.5 Å². The highest BCUT2D eigenvalue weighted by molar-refractivity contribution is 6.31. The molecule has 0 spiro atoms. The lowest BCUT2D eigenvalue weighted by atomic mass is 9.95. The second-order valence-electron chi connectivity index (χ2n) is 4.48. The molecule has 3 nitrogen and oxygen atoms in total. The lowest BCUT2D eigenvalue weighted by Gasteiger charge is -2.12. The molecule has 92 valence electrons. The molecule has 1 saturated carbocycles. The molecule has 0 radical (unpaired) electrons. The van der Waals surface area contributed by atoms with Crippen molar-refractivity contribution in [2.45, 2.75) is 25.3 Å². The highest BCUT2D eigenvalue weighted by Crippen LogP contribution is 2.32. The molecule has 2 atom stereocenters. The van der Waals surface area contributed by atoms with Crippen LogP contribution in [0.5, 0.6) is 5.75 Å². The average molecular weight is 254 g/mol. The molecule has 17 heavy (non-hydrogen) atoms. The third kappa shape index (κ3) is 2.61. The van der Waals surface area contributed by atoms with Crippen LogP contribution >= 0.6 is 11.6 Å². The van der Waals surface area contributed by atoms with Crippen LogP contribution in [0.4, 0.5) is 0 Å². The standard InChI is InChI=1S/C13H16ClNO2/c1-17-12-5-3-9(14)7-11(12)13(16)8-2-4-10(15)6-8/h3,5,7-8,10H,2,4,6,15H2,1H3. The number of hydrogen-bond acceptors (Lipinski definition) is 3. The van der Waals surface area contributed by atoms with Gasteiger partial charge in [-0.25, -0.2) is 0 Å². The molecule has 1 fully saturated rings. The highest BCUT2D eigenvalue weighted by Gasteiger charge is 2.30.